The van der Waals surface area contributed by atoms with E-state index >= 15 is 0 Å². The van der Waals surface area contributed by atoms with E-state index in [1.54, 1.807) is 13.2 Å². The minimum atomic E-state index is -0.454. The minimum Gasteiger partial charge on any atom is -0.380 e. The van der Waals surface area contributed by atoms with Crippen molar-refractivity contribution in [2.75, 3.05) is 7.11 Å². The lowest BCUT2D eigenvalue weighted by molar-refractivity contribution is -0.384. The summed E-state index contributed by atoms with van der Waals surface area (Å²) >= 11 is 6.06. The molecule has 0 bridgehead atoms. The van der Waals surface area contributed by atoms with Gasteiger partial charge in [0, 0.05) is 32.3 Å². The number of hydrogen-bond donors (Lipinski definition) is 1. The number of nitrogens with one attached hydrogen (secondary N) is 1. The minimum absolute atomic E-state index is 0.000941. The van der Waals surface area contributed by atoms with Crippen molar-refractivity contribution >= 4 is 17.3 Å². The van der Waals surface area contributed by atoms with Crippen LogP contribution in [0.4, 0.5) is 5.69 Å². The monoisotopic (exact) mass is 320 g/mol. The Kier molecular flexibility index (Phi) is 5.89. The van der Waals surface area contributed by atoms with Gasteiger partial charge in [0.2, 0.25) is 0 Å². The van der Waals surface area contributed by atoms with Crippen LogP contribution in [0.2, 0.25) is 5.02 Å². The molecule has 22 heavy (non-hydrogen) atoms. The van der Waals surface area contributed by atoms with E-state index in [9.17, 15) is 10.1 Å². The average Bonchev–Trinajstić information content (AvgIpc) is 2.49. The first-order valence-electron chi connectivity index (χ1n) is 6.80. The van der Waals surface area contributed by atoms with Crippen LogP contribution in [0.1, 0.15) is 16.7 Å². The normalized spacial score (nSPS) is 10.6. The molecule has 0 aliphatic carbocycles. The van der Waals surface area contributed by atoms with Crippen molar-refractivity contribution in [3.63, 3.8) is 0 Å². The molecule has 6 heteroatoms. The number of ether oxygens (including phenoxy) is 1. The molecule has 0 radical (unpaired) electrons. The van der Waals surface area contributed by atoms with Crippen LogP contribution in [-0.2, 0) is 24.4 Å². The van der Waals surface area contributed by atoms with Gasteiger partial charge >= 0.3 is 0 Å². The zero-order chi connectivity index (χ0) is 15.9. The van der Waals surface area contributed by atoms with Crippen LogP contribution in [-0.4, -0.2) is 12.0 Å². The standard InChI is InChI=1S/C16H17ClN2O3/c1-22-11-13-4-2-3-12(7-13)9-18-10-14-5-6-15(19(20)21)8-16(14)17/h2-8,18H,9-11H2,1H3. The van der Waals surface area contributed by atoms with Gasteiger partial charge in [-0.05, 0) is 22.8 Å². The number of methoxy groups -OCH3 is 1. The van der Waals surface area contributed by atoms with Crippen LogP contribution in [0, 0.1) is 10.1 Å². The van der Waals surface area contributed by atoms with Gasteiger partial charge in [0.15, 0.2) is 0 Å². The lowest BCUT2D eigenvalue weighted by Gasteiger charge is -2.08. The first kappa shape index (κ1) is 16.4. The third kappa shape index (κ3) is 4.53. The van der Waals surface area contributed by atoms with E-state index in [-0.39, 0.29) is 5.69 Å². The first-order chi connectivity index (χ1) is 10.6. The molecule has 5 nitrogen and oxygen atoms in total. The first-order valence-corrected chi connectivity index (χ1v) is 7.18. The van der Waals surface area contributed by atoms with E-state index in [1.165, 1.54) is 12.1 Å². The summed E-state index contributed by atoms with van der Waals surface area (Å²) in [7, 11) is 1.67. The highest BCUT2D eigenvalue weighted by Crippen LogP contribution is 2.22. The Labute approximate surface area is 134 Å². The third-order valence-corrected chi connectivity index (χ3v) is 3.55. The molecule has 0 amide bonds. The molecule has 2 aromatic rings. The maximum atomic E-state index is 10.7. The van der Waals surface area contributed by atoms with Gasteiger partial charge < -0.3 is 10.1 Å². The summed E-state index contributed by atoms with van der Waals surface area (Å²) < 4.78 is 5.11. The number of halogens is 1. The van der Waals surface area contributed by atoms with Gasteiger partial charge in [-0.3, -0.25) is 10.1 Å². The Hall–Kier alpha value is -1.95. The number of non-ortho nitro benzene ring substituents is 1. The molecule has 0 aliphatic heterocycles. The Morgan fingerprint density at radius 2 is 1.95 bits per heavy atom. The predicted molar refractivity (Wildman–Crippen MR) is 85.8 cm³/mol. The number of nitrogens with zero attached hydrogens (tertiary/aromatic N) is 1. The van der Waals surface area contributed by atoms with Gasteiger partial charge in [0.1, 0.15) is 0 Å². The van der Waals surface area contributed by atoms with Gasteiger partial charge in [0.05, 0.1) is 16.6 Å². The molecule has 0 aliphatic rings. The van der Waals surface area contributed by atoms with Gasteiger partial charge in [-0.1, -0.05) is 35.9 Å². The number of nitro groups is 1. The molecule has 0 spiro atoms. The number of hydrogen-bond acceptors (Lipinski definition) is 4. The molecule has 0 aromatic heterocycles. The van der Waals surface area contributed by atoms with Gasteiger partial charge in [-0.2, -0.15) is 0 Å². The van der Waals surface area contributed by atoms with Crippen molar-refractivity contribution in [1.82, 2.24) is 5.32 Å². The quantitative estimate of drug-likeness (QED) is 0.624. The van der Waals surface area contributed by atoms with Crippen molar-refractivity contribution in [1.29, 1.82) is 0 Å². The average molecular weight is 321 g/mol. The topological polar surface area (TPSA) is 64.4 Å². The molecule has 116 valence electrons. The van der Waals surface area contributed by atoms with Crippen LogP contribution in [0.3, 0.4) is 0 Å². The second-order valence-corrected chi connectivity index (χ2v) is 5.30. The smallest absolute Gasteiger partial charge is 0.270 e. The van der Waals surface area contributed by atoms with Crippen molar-refractivity contribution in [2.45, 2.75) is 19.7 Å². The summed E-state index contributed by atoms with van der Waals surface area (Å²) in [6.45, 7) is 1.82. The summed E-state index contributed by atoms with van der Waals surface area (Å²) in [5.41, 5.74) is 3.10. The van der Waals surface area contributed by atoms with E-state index in [0.29, 0.717) is 24.7 Å². The van der Waals surface area contributed by atoms with Crippen LogP contribution >= 0.6 is 11.6 Å². The molecule has 0 heterocycles. The van der Waals surface area contributed by atoms with Gasteiger partial charge in [0.25, 0.3) is 5.69 Å². The van der Waals surface area contributed by atoms with Crippen molar-refractivity contribution in [3.8, 4) is 0 Å². The summed E-state index contributed by atoms with van der Waals surface area (Å²) in [5, 5.41) is 14.3. The van der Waals surface area contributed by atoms with E-state index in [0.717, 1.165) is 16.7 Å². The zero-order valence-electron chi connectivity index (χ0n) is 12.2. The second kappa shape index (κ2) is 7.89. The largest absolute Gasteiger partial charge is 0.380 e. The van der Waals surface area contributed by atoms with Crippen molar-refractivity contribution < 1.29 is 9.66 Å². The van der Waals surface area contributed by atoms with Crippen LogP contribution in [0.25, 0.3) is 0 Å². The van der Waals surface area contributed by atoms with E-state index < -0.39 is 4.92 Å². The fraction of sp³-hybridized carbons (Fsp3) is 0.250. The number of nitro benzene ring substituents is 1. The van der Waals surface area contributed by atoms with Crippen molar-refractivity contribution in [3.05, 3.63) is 74.3 Å². The Morgan fingerprint density at radius 1 is 1.18 bits per heavy atom. The fourth-order valence-corrected chi connectivity index (χ4v) is 2.37. The van der Waals surface area contributed by atoms with E-state index in [1.807, 2.05) is 18.2 Å². The van der Waals surface area contributed by atoms with E-state index in [2.05, 4.69) is 11.4 Å². The summed E-state index contributed by atoms with van der Waals surface area (Å²) in [6.07, 6.45) is 0. The molecule has 0 unspecified atom stereocenters. The predicted octanol–water partition coefficient (Wildman–Crippen LogP) is 3.68. The molecule has 0 fully saturated rings. The Morgan fingerprint density at radius 3 is 2.64 bits per heavy atom. The molecular weight excluding hydrogens is 304 g/mol. The summed E-state index contributed by atoms with van der Waals surface area (Å²) in [6, 6.07) is 12.6. The summed E-state index contributed by atoms with van der Waals surface area (Å²) in [4.78, 5) is 10.2. The maximum Gasteiger partial charge on any atom is 0.270 e. The zero-order valence-corrected chi connectivity index (χ0v) is 13.0. The molecule has 2 aromatic carbocycles. The van der Waals surface area contributed by atoms with Crippen molar-refractivity contribution in [2.24, 2.45) is 0 Å². The van der Waals surface area contributed by atoms with Crippen LogP contribution in [0.15, 0.2) is 42.5 Å². The molecule has 1 N–H and O–H groups in total. The lowest BCUT2D eigenvalue weighted by Crippen LogP contribution is -2.13. The molecule has 0 atom stereocenters. The lowest BCUT2D eigenvalue weighted by atomic mass is 10.1. The fourth-order valence-electron chi connectivity index (χ4n) is 2.13. The molecule has 0 saturated heterocycles. The van der Waals surface area contributed by atoms with Crippen LogP contribution < -0.4 is 5.32 Å². The number of rotatable bonds is 7. The van der Waals surface area contributed by atoms with E-state index in [4.69, 9.17) is 16.3 Å². The highest BCUT2D eigenvalue weighted by atomic mass is 35.5. The maximum absolute atomic E-state index is 10.7. The second-order valence-electron chi connectivity index (χ2n) is 4.89. The highest BCUT2D eigenvalue weighted by molar-refractivity contribution is 6.31. The summed E-state index contributed by atoms with van der Waals surface area (Å²) in [5.74, 6) is 0. The third-order valence-electron chi connectivity index (χ3n) is 3.19. The SMILES string of the molecule is COCc1cccc(CNCc2ccc([N+](=O)[O-])cc2Cl)c1. The Balaban J connectivity index is 1.93. The Bertz CT molecular complexity index is 662. The number of benzene rings is 2. The molecule has 0 saturated carbocycles. The highest BCUT2D eigenvalue weighted by Gasteiger charge is 2.09. The van der Waals surface area contributed by atoms with Gasteiger partial charge in [-0.15, -0.1) is 0 Å². The van der Waals surface area contributed by atoms with Gasteiger partial charge in [-0.25, -0.2) is 0 Å². The molecule has 2 rings (SSSR count). The molecular formula is C16H17ClN2O3. The van der Waals surface area contributed by atoms with Crippen LogP contribution in [0.5, 0.6) is 0 Å².